The molecule has 0 radical (unpaired) electrons. The molecule has 2 fully saturated rings. The highest BCUT2D eigenvalue weighted by atomic mass is 32.1. The molecule has 0 bridgehead atoms. The van der Waals surface area contributed by atoms with Crippen molar-refractivity contribution >= 4 is 55.0 Å². The van der Waals surface area contributed by atoms with Crippen molar-refractivity contribution in [2.45, 2.75) is 83.5 Å². The van der Waals surface area contributed by atoms with Gasteiger partial charge in [0.05, 0.1) is 36.5 Å². The summed E-state index contributed by atoms with van der Waals surface area (Å²) in [5, 5.41) is 5.95. The summed E-state index contributed by atoms with van der Waals surface area (Å²) in [7, 11) is 8.27. The van der Waals surface area contributed by atoms with Crippen LogP contribution in [0.4, 0.5) is 13.2 Å². The SMILES string of the molecule is CC(CN(C)C)c1nc2cc([C@H]3CC[C@H](C)CN3)ccc2s1.CC(CN(C)C)c1nc2cc([C@H]3CC[C@H](C)CN3C(=O)C(=O)OCC(F)(F)F)ccc2s1. The van der Waals surface area contributed by atoms with Crippen LogP contribution in [-0.2, 0) is 14.3 Å². The maximum absolute atomic E-state index is 12.7. The molecule has 2 aromatic heterocycles. The number of ether oxygens (including phenoxy) is 1. The van der Waals surface area contributed by atoms with Gasteiger partial charge in [0.25, 0.3) is 0 Å². The number of carbonyl (C=O) groups excluding carboxylic acids is 2. The van der Waals surface area contributed by atoms with Crippen LogP contribution in [0.1, 0.15) is 98.4 Å². The molecule has 1 N–H and O–H groups in total. The molecule has 4 aromatic rings. The Kier molecular flexibility index (Phi) is 14.1. The molecular formula is C40H55F3N6O3S2. The van der Waals surface area contributed by atoms with Gasteiger partial charge in [0.2, 0.25) is 0 Å². The van der Waals surface area contributed by atoms with Crippen LogP contribution in [0.25, 0.3) is 20.4 Å². The van der Waals surface area contributed by atoms with Crippen molar-refractivity contribution in [3.8, 4) is 0 Å². The highest BCUT2D eigenvalue weighted by molar-refractivity contribution is 7.19. The van der Waals surface area contributed by atoms with E-state index in [2.05, 4.69) is 72.9 Å². The number of benzene rings is 2. The Morgan fingerprint density at radius 2 is 1.39 bits per heavy atom. The van der Waals surface area contributed by atoms with Crippen LogP contribution in [0.2, 0.25) is 0 Å². The summed E-state index contributed by atoms with van der Waals surface area (Å²) in [4.78, 5) is 40.0. The fourth-order valence-electron chi connectivity index (χ4n) is 7.36. The van der Waals surface area contributed by atoms with E-state index in [0.717, 1.165) is 52.8 Å². The number of esters is 1. The van der Waals surface area contributed by atoms with Gasteiger partial charge in [-0.2, -0.15) is 13.2 Å². The summed E-state index contributed by atoms with van der Waals surface area (Å²) in [5.41, 5.74) is 4.21. The number of nitrogens with one attached hydrogen (secondary N) is 1. The zero-order valence-corrected chi connectivity index (χ0v) is 34.3. The van der Waals surface area contributed by atoms with E-state index in [1.165, 1.54) is 38.5 Å². The number of alkyl halides is 3. The van der Waals surface area contributed by atoms with E-state index < -0.39 is 30.7 Å². The number of carbonyl (C=O) groups is 2. The maximum Gasteiger partial charge on any atom is 0.422 e. The average molecular weight is 789 g/mol. The Balaban J connectivity index is 0.000000222. The van der Waals surface area contributed by atoms with Crippen LogP contribution in [0, 0.1) is 11.8 Å². The Morgan fingerprint density at radius 3 is 1.91 bits per heavy atom. The zero-order valence-electron chi connectivity index (χ0n) is 32.7. The molecule has 4 heterocycles. The van der Waals surface area contributed by atoms with Gasteiger partial charge in [0.1, 0.15) is 0 Å². The van der Waals surface area contributed by atoms with Crippen molar-refractivity contribution in [3.05, 3.63) is 57.5 Å². The monoisotopic (exact) mass is 788 g/mol. The van der Waals surface area contributed by atoms with Gasteiger partial charge in [0, 0.05) is 37.5 Å². The van der Waals surface area contributed by atoms with Crippen LogP contribution in [0.15, 0.2) is 36.4 Å². The Labute approximate surface area is 325 Å². The average Bonchev–Trinajstić information content (AvgIpc) is 3.74. The highest BCUT2D eigenvalue weighted by Gasteiger charge is 2.37. The van der Waals surface area contributed by atoms with Crippen molar-refractivity contribution in [2.75, 3.05) is 61.0 Å². The van der Waals surface area contributed by atoms with Crippen molar-refractivity contribution in [2.24, 2.45) is 11.8 Å². The fourth-order valence-corrected chi connectivity index (χ4v) is 9.34. The van der Waals surface area contributed by atoms with Gasteiger partial charge < -0.3 is 24.8 Å². The van der Waals surface area contributed by atoms with Crippen molar-refractivity contribution in [1.29, 1.82) is 0 Å². The number of likely N-dealkylation sites (N-methyl/N-ethyl adjacent to an activating group) is 2. The quantitative estimate of drug-likeness (QED) is 0.134. The van der Waals surface area contributed by atoms with Gasteiger partial charge in [-0.15, -0.1) is 22.7 Å². The Bertz CT molecular complexity index is 1870. The maximum atomic E-state index is 12.7. The molecule has 2 saturated heterocycles. The number of likely N-dealkylation sites (tertiary alicyclic amines) is 1. The first-order chi connectivity index (χ1) is 25.5. The van der Waals surface area contributed by atoms with Crippen LogP contribution in [0.5, 0.6) is 0 Å². The van der Waals surface area contributed by atoms with E-state index in [-0.39, 0.29) is 18.4 Å². The first-order valence-electron chi connectivity index (χ1n) is 18.9. The van der Waals surface area contributed by atoms with E-state index in [1.54, 1.807) is 11.3 Å². The van der Waals surface area contributed by atoms with E-state index in [4.69, 9.17) is 9.97 Å². The second kappa shape index (κ2) is 18.2. The summed E-state index contributed by atoms with van der Waals surface area (Å²) in [5.74, 6) is -0.822. The smallest absolute Gasteiger partial charge is 0.422 e. The predicted molar refractivity (Wildman–Crippen MR) is 212 cm³/mol. The normalized spacial score (nSPS) is 22.0. The largest absolute Gasteiger partial charge is 0.449 e. The zero-order chi connectivity index (χ0) is 39.3. The Hall–Kier alpha value is -3.17. The summed E-state index contributed by atoms with van der Waals surface area (Å²) in [6.45, 7) is 10.2. The van der Waals surface area contributed by atoms with E-state index in [9.17, 15) is 22.8 Å². The molecule has 0 aliphatic carbocycles. The minimum atomic E-state index is -4.68. The standard InChI is InChI=1S/C22H28F3N3O3S.C18H27N3S/c1-13-5-7-17(28(10-13)20(29)21(30)31-12-22(23,24)25)15-6-8-18-16(9-15)26-19(32-18)14(2)11-27(3)4;1-12-5-7-15(19-10-12)14-6-8-17-16(9-14)20-18(22-17)13(2)11-21(3)4/h6,8-9,13-14,17H,5,7,10-12H2,1-4H3;6,8-9,12-13,15,19H,5,7,10-11H2,1-4H3/t13-,14?,17+;12-,13?,15+/m00/s1. The molecule has 1 amide bonds. The third-order valence-electron chi connectivity index (χ3n) is 10.0. The summed E-state index contributed by atoms with van der Waals surface area (Å²) in [6, 6.07) is 12.7. The van der Waals surface area contributed by atoms with Crippen LogP contribution < -0.4 is 5.32 Å². The number of fused-ring (bicyclic) bond motifs is 2. The Morgan fingerprint density at radius 1 is 0.852 bits per heavy atom. The third-order valence-corrected chi connectivity index (χ3v) is 12.6. The molecule has 6 rings (SSSR count). The lowest BCUT2D eigenvalue weighted by Crippen LogP contribution is -2.45. The number of rotatable bonds is 9. The number of amides is 1. The van der Waals surface area contributed by atoms with Gasteiger partial charge in [-0.1, -0.05) is 39.8 Å². The molecule has 0 saturated carbocycles. The fraction of sp³-hybridized carbons (Fsp3) is 0.600. The minimum absolute atomic E-state index is 0.132. The van der Waals surface area contributed by atoms with Crippen molar-refractivity contribution in [1.82, 2.24) is 30.0 Å². The summed E-state index contributed by atoms with van der Waals surface area (Å²) in [6.07, 6.45) is -0.675. The topological polar surface area (TPSA) is 90.9 Å². The van der Waals surface area contributed by atoms with Crippen LogP contribution >= 0.6 is 22.7 Å². The molecule has 54 heavy (non-hydrogen) atoms. The number of nitrogens with zero attached hydrogens (tertiary/aromatic N) is 5. The number of thiazole rings is 2. The molecular weight excluding hydrogens is 734 g/mol. The van der Waals surface area contributed by atoms with Crippen LogP contribution in [-0.4, -0.2) is 104 Å². The lowest BCUT2D eigenvalue weighted by molar-refractivity contribution is -0.190. The highest BCUT2D eigenvalue weighted by Crippen LogP contribution is 2.37. The summed E-state index contributed by atoms with van der Waals surface area (Å²) >= 11 is 3.47. The van der Waals surface area contributed by atoms with Gasteiger partial charge in [-0.3, -0.25) is 4.79 Å². The lowest BCUT2D eigenvalue weighted by atomic mass is 9.89. The molecule has 2 aliphatic rings. The van der Waals surface area contributed by atoms with Gasteiger partial charge in [-0.05, 0) is 108 Å². The second-order valence-corrected chi connectivity index (χ2v) is 18.0. The number of piperidine rings is 2. The first-order valence-corrected chi connectivity index (χ1v) is 20.5. The minimum Gasteiger partial charge on any atom is -0.449 e. The molecule has 296 valence electrons. The predicted octanol–water partition coefficient (Wildman–Crippen LogP) is 8.39. The first kappa shape index (κ1) is 42.0. The number of aromatic nitrogens is 2. The number of hydrogen-bond acceptors (Lipinski definition) is 10. The molecule has 2 aromatic carbocycles. The van der Waals surface area contributed by atoms with Gasteiger partial charge in [0.15, 0.2) is 6.61 Å². The molecule has 14 heteroatoms. The van der Waals surface area contributed by atoms with E-state index in [0.29, 0.717) is 18.4 Å². The molecule has 2 unspecified atom stereocenters. The van der Waals surface area contributed by atoms with E-state index in [1.807, 2.05) is 50.6 Å². The number of halogens is 3. The molecule has 2 aliphatic heterocycles. The van der Waals surface area contributed by atoms with Gasteiger partial charge >= 0.3 is 18.1 Å². The second-order valence-electron chi connectivity index (χ2n) is 15.9. The van der Waals surface area contributed by atoms with E-state index >= 15 is 0 Å². The van der Waals surface area contributed by atoms with Crippen molar-refractivity contribution < 1.29 is 27.5 Å². The lowest BCUT2D eigenvalue weighted by Gasteiger charge is -2.38. The molecule has 6 atom stereocenters. The molecule has 9 nitrogen and oxygen atoms in total. The summed E-state index contributed by atoms with van der Waals surface area (Å²) < 4.78 is 43.7. The third kappa shape index (κ3) is 11.2. The number of hydrogen-bond donors (Lipinski definition) is 1. The van der Waals surface area contributed by atoms with Crippen LogP contribution in [0.3, 0.4) is 0 Å². The molecule has 0 spiro atoms. The van der Waals surface area contributed by atoms with Gasteiger partial charge in [-0.25, -0.2) is 14.8 Å². The van der Waals surface area contributed by atoms with Crippen molar-refractivity contribution in [3.63, 3.8) is 0 Å².